The normalized spacial score (nSPS) is 13.0. The van der Waals surface area contributed by atoms with E-state index in [1.165, 1.54) is 51.4 Å². The zero-order valence-electron chi connectivity index (χ0n) is 40.5. The Morgan fingerprint density at radius 1 is 0.333 bits per heavy atom. The molecule has 1 atom stereocenters. The molecule has 356 valence electrons. The Balaban J connectivity index is 4.52. The highest BCUT2D eigenvalue weighted by Gasteiger charge is 2.19. The Morgan fingerprint density at radius 2 is 0.619 bits per heavy atom. The van der Waals surface area contributed by atoms with Crippen molar-refractivity contribution in [1.82, 2.24) is 0 Å². The molecule has 0 saturated heterocycles. The molecule has 0 heterocycles. The number of unbranched alkanes of at least 4 members (excludes halogenated alkanes) is 15. The maximum absolute atomic E-state index is 12.8. The van der Waals surface area contributed by atoms with Crippen LogP contribution in [0.15, 0.2) is 109 Å². The van der Waals surface area contributed by atoms with Gasteiger partial charge in [0.05, 0.1) is 0 Å². The lowest BCUT2D eigenvalue weighted by Crippen LogP contribution is -2.30. The summed E-state index contributed by atoms with van der Waals surface area (Å²) in [6.45, 7) is 6.32. The van der Waals surface area contributed by atoms with Crippen LogP contribution in [-0.4, -0.2) is 37.2 Å². The molecule has 0 radical (unpaired) electrons. The number of allylic oxidation sites excluding steroid dienone is 18. The van der Waals surface area contributed by atoms with E-state index in [0.717, 1.165) is 109 Å². The number of carbonyl (C=O) groups excluding carboxylic acids is 3. The fraction of sp³-hybridized carbons (Fsp3) is 0.632. The van der Waals surface area contributed by atoms with Gasteiger partial charge in [-0.3, -0.25) is 14.4 Å². The summed E-state index contributed by atoms with van der Waals surface area (Å²) in [5, 5.41) is 0. The highest BCUT2D eigenvalue weighted by molar-refractivity contribution is 5.71. The fourth-order valence-corrected chi connectivity index (χ4v) is 6.52. The molecule has 0 unspecified atom stereocenters. The van der Waals surface area contributed by atoms with Gasteiger partial charge in [0.15, 0.2) is 6.10 Å². The van der Waals surface area contributed by atoms with Gasteiger partial charge >= 0.3 is 17.9 Å². The van der Waals surface area contributed by atoms with Crippen molar-refractivity contribution >= 4 is 17.9 Å². The first-order chi connectivity index (χ1) is 31.0. The van der Waals surface area contributed by atoms with Crippen LogP contribution < -0.4 is 0 Å². The number of rotatable bonds is 44. The summed E-state index contributed by atoms with van der Waals surface area (Å²) in [5.74, 6) is -0.988. The Kier molecular flexibility index (Phi) is 47.5. The zero-order chi connectivity index (χ0) is 45.8. The van der Waals surface area contributed by atoms with E-state index in [1.807, 2.05) is 0 Å². The first-order valence-electron chi connectivity index (χ1n) is 25.4. The van der Waals surface area contributed by atoms with Crippen molar-refractivity contribution in [3.8, 4) is 0 Å². The van der Waals surface area contributed by atoms with Crippen LogP contribution in [0.4, 0.5) is 0 Å². The van der Waals surface area contributed by atoms with Crippen molar-refractivity contribution in [3.63, 3.8) is 0 Å². The van der Waals surface area contributed by atoms with E-state index in [1.54, 1.807) is 0 Å². The summed E-state index contributed by atoms with van der Waals surface area (Å²) in [7, 11) is 0. The SMILES string of the molecule is CC/C=C\C/C=C\C/C=C\C/C=C\C/C=C\CCCCCC(=O)O[C@H](COC(=O)CCCC/C=C\C/C=C\C/C=C\C/C=C\CC)COC(=O)CCCCCCCCCCCCC. The Bertz CT molecular complexity index is 1330. The van der Waals surface area contributed by atoms with Crippen LogP contribution in [0.1, 0.15) is 213 Å². The van der Waals surface area contributed by atoms with Crippen LogP contribution >= 0.6 is 0 Å². The van der Waals surface area contributed by atoms with Crippen molar-refractivity contribution in [3.05, 3.63) is 109 Å². The topological polar surface area (TPSA) is 78.9 Å². The molecule has 0 aromatic carbocycles. The average Bonchev–Trinajstić information content (AvgIpc) is 3.28. The molecule has 0 aromatic rings. The molecule has 0 bridgehead atoms. The van der Waals surface area contributed by atoms with Crippen LogP contribution in [0, 0.1) is 0 Å². The van der Waals surface area contributed by atoms with Crippen LogP contribution in [0.2, 0.25) is 0 Å². The van der Waals surface area contributed by atoms with Gasteiger partial charge in [0.25, 0.3) is 0 Å². The minimum absolute atomic E-state index is 0.105. The van der Waals surface area contributed by atoms with Gasteiger partial charge in [-0.1, -0.05) is 201 Å². The summed E-state index contributed by atoms with van der Waals surface area (Å²) in [5.41, 5.74) is 0. The summed E-state index contributed by atoms with van der Waals surface area (Å²) in [6, 6.07) is 0. The first kappa shape index (κ1) is 59.1. The number of ether oxygens (including phenoxy) is 3. The molecule has 0 amide bonds. The van der Waals surface area contributed by atoms with Crippen LogP contribution in [0.3, 0.4) is 0 Å². The number of hydrogen-bond donors (Lipinski definition) is 0. The second-order valence-corrected chi connectivity index (χ2v) is 16.3. The van der Waals surface area contributed by atoms with Crippen molar-refractivity contribution in [2.24, 2.45) is 0 Å². The third kappa shape index (κ3) is 49.0. The molecule has 63 heavy (non-hydrogen) atoms. The molecule has 6 nitrogen and oxygen atoms in total. The van der Waals surface area contributed by atoms with E-state index < -0.39 is 6.10 Å². The lowest BCUT2D eigenvalue weighted by atomic mass is 10.1. The van der Waals surface area contributed by atoms with Crippen LogP contribution in [0.25, 0.3) is 0 Å². The molecule has 0 aliphatic rings. The summed E-state index contributed by atoms with van der Waals surface area (Å²) in [6.07, 6.45) is 67.9. The van der Waals surface area contributed by atoms with Gasteiger partial charge < -0.3 is 14.2 Å². The van der Waals surface area contributed by atoms with Gasteiger partial charge in [-0.2, -0.15) is 0 Å². The molecule has 0 spiro atoms. The Morgan fingerprint density at radius 3 is 1.00 bits per heavy atom. The predicted molar refractivity (Wildman–Crippen MR) is 270 cm³/mol. The Hall–Kier alpha value is -3.93. The lowest BCUT2D eigenvalue weighted by molar-refractivity contribution is -0.167. The summed E-state index contributed by atoms with van der Waals surface area (Å²) < 4.78 is 16.7. The zero-order valence-corrected chi connectivity index (χ0v) is 40.5. The smallest absolute Gasteiger partial charge is 0.306 e. The van der Waals surface area contributed by atoms with Crippen LogP contribution in [0.5, 0.6) is 0 Å². The van der Waals surface area contributed by atoms with Crippen molar-refractivity contribution in [2.75, 3.05) is 13.2 Å². The van der Waals surface area contributed by atoms with Gasteiger partial charge in [-0.25, -0.2) is 0 Å². The molecule has 0 aliphatic carbocycles. The number of carbonyl (C=O) groups is 3. The third-order valence-electron chi connectivity index (χ3n) is 10.3. The van der Waals surface area contributed by atoms with Gasteiger partial charge in [0.1, 0.15) is 13.2 Å². The van der Waals surface area contributed by atoms with Crippen molar-refractivity contribution in [1.29, 1.82) is 0 Å². The molecule has 6 heteroatoms. The Labute approximate surface area is 387 Å². The maximum Gasteiger partial charge on any atom is 0.306 e. The predicted octanol–water partition coefficient (Wildman–Crippen LogP) is 16.8. The molecule has 0 N–H and O–H groups in total. The quantitative estimate of drug-likeness (QED) is 0.0263. The van der Waals surface area contributed by atoms with E-state index in [2.05, 4.69) is 130 Å². The van der Waals surface area contributed by atoms with Gasteiger partial charge in [0, 0.05) is 19.3 Å². The van der Waals surface area contributed by atoms with E-state index in [9.17, 15) is 14.4 Å². The van der Waals surface area contributed by atoms with Crippen LogP contribution in [-0.2, 0) is 28.6 Å². The highest BCUT2D eigenvalue weighted by Crippen LogP contribution is 2.13. The van der Waals surface area contributed by atoms with Gasteiger partial charge in [-0.05, 0) is 103 Å². The van der Waals surface area contributed by atoms with Crippen molar-refractivity contribution < 1.29 is 28.6 Å². The minimum Gasteiger partial charge on any atom is -0.462 e. The second-order valence-electron chi connectivity index (χ2n) is 16.3. The summed E-state index contributed by atoms with van der Waals surface area (Å²) in [4.78, 5) is 37.9. The molecule has 0 aromatic heterocycles. The third-order valence-corrected chi connectivity index (χ3v) is 10.3. The van der Waals surface area contributed by atoms with Gasteiger partial charge in [0.2, 0.25) is 0 Å². The molecular formula is C57H92O6. The van der Waals surface area contributed by atoms with E-state index >= 15 is 0 Å². The number of hydrogen-bond acceptors (Lipinski definition) is 6. The van der Waals surface area contributed by atoms with Crippen molar-refractivity contribution in [2.45, 2.75) is 219 Å². The molecular weight excluding hydrogens is 781 g/mol. The fourth-order valence-electron chi connectivity index (χ4n) is 6.52. The lowest BCUT2D eigenvalue weighted by Gasteiger charge is -2.18. The average molecular weight is 873 g/mol. The molecule has 0 fully saturated rings. The molecule has 0 aliphatic heterocycles. The maximum atomic E-state index is 12.8. The highest BCUT2D eigenvalue weighted by atomic mass is 16.6. The molecule has 0 rings (SSSR count). The van der Waals surface area contributed by atoms with E-state index in [4.69, 9.17) is 14.2 Å². The largest absolute Gasteiger partial charge is 0.462 e. The first-order valence-corrected chi connectivity index (χ1v) is 25.4. The minimum atomic E-state index is -0.812. The standard InChI is InChI=1S/C57H92O6/c1-4-7-10-13-16-19-22-24-26-27-28-29-31-33-36-39-42-45-48-51-57(60)63-54(52-61-55(58)49-46-43-40-37-34-21-18-15-12-9-6-3)53-62-56(59)50-47-44-41-38-35-32-30-25-23-20-17-14-11-8-5-2/h7-8,10-11,16-17,19-20,24-26,28-30,33,35-36,38,54H,4-6,9,12-15,18,21-23,27,31-32,34,37,39-53H2,1-3H3/b10-7-,11-8-,19-16-,20-17-,26-24-,29-28-,30-25-,36-33-,38-35-/t54-/m0/s1. The number of esters is 3. The molecule has 0 saturated carbocycles. The van der Waals surface area contributed by atoms with E-state index in [-0.39, 0.29) is 37.5 Å². The second kappa shape index (κ2) is 50.7. The monoisotopic (exact) mass is 873 g/mol. The van der Waals surface area contributed by atoms with Gasteiger partial charge in [-0.15, -0.1) is 0 Å². The summed E-state index contributed by atoms with van der Waals surface area (Å²) >= 11 is 0. The van der Waals surface area contributed by atoms with E-state index in [0.29, 0.717) is 25.7 Å².